The van der Waals surface area contributed by atoms with Crippen LogP contribution >= 0.6 is 0 Å². The molecule has 0 unspecified atom stereocenters. The minimum atomic E-state index is -0.298. The molecule has 1 aromatic rings. The molecule has 3 aliphatic rings. The summed E-state index contributed by atoms with van der Waals surface area (Å²) >= 11 is 0. The molecule has 1 N–H and O–H groups in total. The molecule has 0 bridgehead atoms. The highest BCUT2D eigenvalue weighted by Gasteiger charge is 2.28. The normalized spacial score (nSPS) is 28.5. The second kappa shape index (κ2) is 13.0. The van der Waals surface area contributed by atoms with E-state index in [-0.39, 0.29) is 23.4 Å². The Kier molecular flexibility index (Phi) is 9.73. The number of ether oxygens (including phenoxy) is 1. The van der Waals surface area contributed by atoms with Crippen LogP contribution in [0.1, 0.15) is 87.4 Å². The third-order valence-corrected chi connectivity index (χ3v) is 8.75. The SMILES string of the molecule is CO[C@H]1CC[C@H](CC(=O)N[C@H]2CC[C@H](CCN3CCC(C(=O)c4ccc(F)cc4)CC3)CC2)CC1. The fourth-order valence-corrected chi connectivity index (χ4v) is 6.35. The smallest absolute Gasteiger partial charge is 0.220 e. The van der Waals surface area contributed by atoms with Crippen LogP contribution in [0.15, 0.2) is 24.3 Å². The van der Waals surface area contributed by atoms with E-state index < -0.39 is 0 Å². The lowest BCUT2D eigenvalue weighted by molar-refractivity contribution is -0.123. The minimum Gasteiger partial charge on any atom is -0.381 e. The summed E-state index contributed by atoms with van der Waals surface area (Å²) in [6.07, 6.45) is 13.0. The van der Waals surface area contributed by atoms with Crippen LogP contribution in [0.25, 0.3) is 0 Å². The number of halogens is 1. The van der Waals surface area contributed by atoms with Gasteiger partial charge in [-0.2, -0.15) is 0 Å². The van der Waals surface area contributed by atoms with Crippen molar-refractivity contribution < 1.29 is 18.7 Å². The number of carbonyl (C=O) groups is 2. The summed E-state index contributed by atoms with van der Waals surface area (Å²) in [5, 5.41) is 3.32. The Labute approximate surface area is 210 Å². The Morgan fingerprint density at radius 1 is 0.914 bits per heavy atom. The topological polar surface area (TPSA) is 58.6 Å². The Bertz CT molecular complexity index is 806. The predicted octanol–water partition coefficient (Wildman–Crippen LogP) is 5.38. The largest absolute Gasteiger partial charge is 0.381 e. The number of nitrogens with one attached hydrogen (secondary N) is 1. The zero-order chi connectivity index (χ0) is 24.6. The van der Waals surface area contributed by atoms with Crippen LogP contribution in [-0.2, 0) is 9.53 Å². The lowest BCUT2D eigenvalue weighted by Gasteiger charge is -2.34. The molecular weight excluding hydrogens is 443 g/mol. The van der Waals surface area contributed by atoms with Gasteiger partial charge in [-0.3, -0.25) is 9.59 Å². The third kappa shape index (κ3) is 7.85. The molecule has 2 saturated carbocycles. The van der Waals surface area contributed by atoms with Gasteiger partial charge in [0, 0.05) is 31.1 Å². The quantitative estimate of drug-likeness (QED) is 0.476. The van der Waals surface area contributed by atoms with E-state index in [1.807, 2.05) is 0 Å². The number of hydrogen-bond acceptors (Lipinski definition) is 4. The summed E-state index contributed by atoms with van der Waals surface area (Å²) in [5.41, 5.74) is 0.632. The van der Waals surface area contributed by atoms with Crippen LogP contribution in [0.4, 0.5) is 4.39 Å². The van der Waals surface area contributed by atoms with Gasteiger partial charge >= 0.3 is 0 Å². The van der Waals surface area contributed by atoms with Crippen molar-refractivity contribution in [3.05, 3.63) is 35.6 Å². The molecule has 3 fully saturated rings. The van der Waals surface area contributed by atoms with Gasteiger partial charge < -0.3 is 15.0 Å². The number of carbonyl (C=O) groups excluding carboxylic acids is 2. The average molecular weight is 487 g/mol. The highest BCUT2D eigenvalue weighted by atomic mass is 19.1. The van der Waals surface area contributed by atoms with Gasteiger partial charge in [-0.15, -0.1) is 0 Å². The maximum absolute atomic E-state index is 13.1. The molecule has 1 aliphatic heterocycles. The van der Waals surface area contributed by atoms with Crippen molar-refractivity contribution in [1.29, 1.82) is 0 Å². The van der Waals surface area contributed by atoms with Gasteiger partial charge in [0.05, 0.1) is 6.10 Å². The molecule has 6 heteroatoms. The summed E-state index contributed by atoms with van der Waals surface area (Å²) in [6.45, 7) is 3.04. The van der Waals surface area contributed by atoms with Crippen molar-refractivity contribution in [3.8, 4) is 0 Å². The zero-order valence-electron chi connectivity index (χ0n) is 21.4. The molecule has 5 nitrogen and oxygen atoms in total. The van der Waals surface area contributed by atoms with Gasteiger partial charge in [0.2, 0.25) is 5.91 Å². The fourth-order valence-electron chi connectivity index (χ4n) is 6.35. The lowest BCUT2D eigenvalue weighted by atomic mass is 9.83. The van der Waals surface area contributed by atoms with Crippen molar-refractivity contribution in [2.45, 2.75) is 89.2 Å². The highest BCUT2D eigenvalue weighted by Crippen LogP contribution is 2.30. The van der Waals surface area contributed by atoms with Gasteiger partial charge in [0.25, 0.3) is 0 Å². The Hall–Kier alpha value is -1.79. The van der Waals surface area contributed by atoms with E-state index in [9.17, 15) is 14.0 Å². The Morgan fingerprint density at radius 2 is 1.54 bits per heavy atom. The maximum atomic E-state index is 13.1. The number of Topliss-reactive ketones (excluding diaryl/α,β-unsaturated/α-hetero) is 1. The fraction of sp³-hybridized carbons (Fsp3) is 0.724. The number of hydrogen-bond donors (Lipinski definition) is 1. The van der Waals surface area contributed by atoms with Crippen LogP contribution in [-0.4, -0.2) is 55.5 Å². The van der Waals surface area contributed by atoms with E-state index in [4.69, 9.17) is 4.74 Å². The third-order valence-electron chi connectivity index (χ3n) is 8.75. The molecular formula is C29H43FN2O3. The van der Waals surface area contributed by atoms with E-state index in [1.54, 1.807) is 19.2 Å². The van der Waals surface area contributed by atoms with Gasteiger partial charge in [-0.05, 0) is 126 Å². The molecule has 35 heavy (non-hydrogen) atoms. The Balaban J connectivity index is 1.08. The number of nitrogens with zero attached hydrogens (tertiary/aromatic N) is 1. The van der Waals surface area contributed by atoms with Crippen LogP contribution in [0.5, 0.6) is 0 Å². The van der Waals surface area contributed by atoms with Crippen molar-refractivity contribution in [2.24, 2.45) is 17.8 Å². The van der Waals surface area contributed by atoms with Crippen molar-refractivity contribution in [3.63, 3.8) is 0 Å². The number of rotatable bonds is 9. The lowest BCUT2D eigenvalue weighted by Crippen LogP contribution is -2.40. The molecule has 194 valence electrons. The molecule has 4 rings (SSSR count). The van der Waals surface area contributed by atoms with Crippen molar-refractivity contribution in [2.75, 3.05) is 26.7 Å². The maximum Gasteiger partial charge on any atom is 0.220 e. The summed E-state index contributed by atoms with van der Waals surface area (Å²) in [7, 11) is 1.79. The molecule has 0 spiro atoms. The molecule has 2 aliphatic carbocycles. The van der Waals surface area contributed by atoms with E-state index in [0.717, 1.165) is 76.9 Å². The summed E-state index contributed by atoms with van der Waals surface area (Å²) in [6, 6.07) is 6.31. The van der Waals surface area contributed by atoms with Gasteiger partial charge in [-0.25, -0.2) is 4.39 Å². The number of ketones is 1. The summed E-state index contributed by atoms with van der Waals surface area (Å²) in [4.78, 5) is 27.7. The van der Waals surface area contributed by atoms with Crippen LogP contribution in [0.3, 0.4) is 0 Å². The first kappa shape index (κ1) is 26.3. The standard InChI is InChI=1S/C29H43FN2O3/c1-35-27-12-4-22(5-13-27)20-28(33)31-26-10-2-21(3-11-26)14-17-32-18-15-24(16-19-32)29(34)23-6-8-25(30)9-7-23/h6-9,21-22,24,26-27H,2-5,10-20H2,1H3,(H,31,33)/t21-,22-,26-,27-. The molecule has 1 saturated heterocycles. The van der Waals surface area contributed by atoms with Crippen LogP contribution < -0.4 is 5.32 Å². The van der Waals surface area contributed by atoms with Crippen molar-refractivity contribution >= 4 is 11.7 Å². The highest BCUT2D eigenvalue weighted by molar-refractivity contribution is 5.97. The molecule has 0 radical (unpaired) electrons. The molecule has 1 amide bonds. The molecule has 1 aromatic carbocycles. The van der Waals surface area contributed by atoms with E-state index in [2.05, 4.69) is 10.2 Å². The van der Waals surface area contributed by atoms with Crippen LogP contribution in [0, 0.1) is 23.6 Å². The van der Waals surface area contributed by atoms with E-state index in [0.29, 0.717) is 30.0 Å². The van der Waals surface area contributed by atoms with Gasteiger partial charge in [-0.1, -0.05) is 0 Å². The molecule has 0 atom stereocenters. The first-order valence-corrected chi connectivity index (χ1v) is 13.8. The second-order valence-electron chi connectivity index (χ2n) is 11.1. The Morgan fingerprint density at radius 3 is 2.17 bits per heavy atom. The molecule has 0 aromatic heterocycles. The number of benzene rings is 1. The first-order valence-electron chi connectivity index (χ1n) is 13.8. The van der Waals surface area contributed by atoms with Crippen molar-refractivity contribution in [1.82, 2.24) is 10.2 Å². The van der Waals surface area contributed by atoms with Gasteiger partial charge in [0.15, 0.2) is 5.78 Å². The number of likely N-dealkylation sites (tertiary alicyclic amines) is 1. The first-order chi connectivity index (χ1) is 17.0. The zero-order valence-corrected chi connectivity index (χ0v) is 21.4. The monoisotopic (exact) mass is 486 g/mol. The average Bonchev–Trinajstić information content (AvgIpc) is 2.89. The van der Waals surface area contributed by atoms with Gasteiger partial charge in [0.1, 0.15) is 5.82 Å². The number of methoxy groups -OCH3 is 1. The van der Waals surface area contributed by atoms with E-state index in [1.165, 1.54) is 31.4 Å². The predicted molar refractivity (Wildman–Crippen MR) is 136 cm³/mol. The van der Waals surface area contributed by atoms with E-state index >= 15 is 0 Å². The number of piperidine rings is 1. The van der Waals surface area contributed by atoms with Crippen LogP contribution in [0.2, 0.25) is 0 Å². The summed E-state index contributed by atoms with van der Waals surface area (Å²) < 4.78 is 18.6. The number of amides is 1. The summed E-state index contributed by atoms with van der Waals surface area (Å²) in [5.74, 6) is 1.43. The molecule has 1 heterocycles. The minimum absolute atomic E-state index is 0.0609. The second-order valence-corrected chi connectivity index (χ2v) is 11.1.